The normalized spacial score (nSPS) is 28.4. The SMILES string of the molecule is COc1ccc([C@H]2CCC(=O)[C@]2(C)OC)cc1. The van der Waals surface area contributed by atoms with Crippen LogP contribution in [-0.2, 0) is 9.53 Å². The molecule has 0 bridgehead atoms. The molecule has 0 saturated heterocycles. The van der Waals surface area contributed by atoms with E-state index in [1.807, 2.05) is 31.2 Å². The van der Waals surface area contributed by atoms with Gasteiger partial charge in [-0.25, -0.2) is 0 Å². The third kappa shape index (κ3) is 1.95. The number of hydrogen-bond donors (Lipinski definition) is 0. The van der Waals surface area contributed by atoms with Crippen molar-refractivity contribution < 1.29 is 14.3 Å². The van der Waals surface area contributed by atoms with Crippen molar-refractivity contribution in [2.24, 2.45) is 0 Å². The van der Waals surface area contributed by atoms with Gasteiger partial charge in [0.15, 0.2) is 5.78 Å². The van der Waals surface area contributed by atoms with E-state index in [9.17, 15) is 4.79 Å². The molecule has 1 aliphatic carbocycles. The summed E-state index contributed by atoms with van der Waals surface area (Å²) in [7, 11) is 3.26. The Labute approximate surface area is 102 Å². The van der Waals surface area contributed by atoms with Crippen molar-refractivity contribution in [3.8, 4) is 5.75 Å². The molecule has 1 aromatic carbocycles. The fraction of sp³-hybridized carbons (Fsp3) is 0.500. The second-order valence-electron chi connectivity index (χ2n) is 4.60. The molecule has 0 heterocycles. The highest BCUT2D eigenvalue weighted by molar-refractivity contribution is 5.90. The minimum absolute atomic E-state index is 0.144. The van der Waals surface area contributed by atoms with E-state index in [0.717, 1.165) is 17.7 Å². The minimum Gasteiger partial charge on any atom is -0.497 e. The van der Waals surface area contributed by atoms with Gasteiger partial charge >= 0.3 is 0 Å². The largest absolute Gasteiger partial charge is 0.497 e. The third-order valence-corrected chi connectivity index (χ3v) is 3.82. The molecule has 2 rings (SSSR count). The Kier molecular flexibility index (Phi) is 3.20. The molecule has 0 unspecified atom stereocenters. The van der Waals surface area contributed by atoms with Gasteiger partial charge in [0, 0.05) is 19.4 Å². The molecule has 0 spiro atoms. The molecular weight excluding hydrogens is 216 g/mol. The van der Waals surface area contributed by atoms with E-state index >= 15 is 0 Å². The van der Waals surface area contributed by atoms with Crippen LogP contribution in [0.3, 0.4) is 0 Å². The highest BCUT2D eigenvalue weighted by Crippen LogP contribution is 2.42. The van der Waals surface area contributed by atoms with Crippen LogP contribution in [0, 0.1) is 0 Å². The number of ether oxygens (including phenoxy) is 2. The average molecular weight is 234 g/mol. The average Bonchev–Trinajstić information content (AvgIpc) is 2.67. The summed E-state index contributed by atoms with van der Waals surface area (Å²) in [6, 6.07) is 7.88. The van der Waals surface area contributed by atoms with Crippen LogP contribution >= 0.6 is 0 Å². The van der Waals surface area contributed by atoms with Crippen LogP contribution in [0.1, 0.15) is 31.2 Å². The number of rotatable bonds is 3. The first-order valence-electron chi connectivity index (χ1n) is 5.84. The fourth-order valence-corrected chi connectivity index (χ4v) is 2.57. The molecule has 3 nitrogen and oxygen atoms in total. The van der Waals surface area contributed by atoms with E-state index in [1.165, 1.54) is 0 Å². The van der Waals surface area contributed by atoms with E-state index < -0.39 is 5.60 Å². The molecule has 0 aliphatic heterocycles. The van der Waals surface area contributed by atoms with Gasteiger partial charge in [-0.3, -0.25) is 4.79 Å². The molecule has 92 valence electrons. The van der Waals surface area contributed by atoms with Crippen molar-refractivity contribution >= 4 is 5.78 Å². The highest BCUT2D eigenvalue weighted by atomic mass is 16.5. The van der Waals surface area contributed by atoms with Crippen molar-refractivity contribution in [3.05, 3.63) is 29.8 Å². The van der Waals surface area contributed by atoms with Crippen molar-refractivity contribution in [1.82, 2.24) is 0 Å². The van der Waals surface area contributed by atoms with E-state index in [4.69, 9.17) is 9.47 Å². The van der Waals surface area contributed by atoms with Gasteiger partial charge in [0.1, 0.15) is 11.4 Å². The summed E-state index contributed by atoms with van der Waals surface area (Å²) in [4.78, 5) is 11.9. The zero-order valence-electron chi connectivity index (χ0n) is 10.5. The Morgan fingerprint density at radius 1 is 1.24 bits per heavy atom. The van der Waals surface area contributed by atoms with Crippen molar-refractivity contribution in [3.63, 3.8) is 0 Å². The molecule has 17 heavy (non-hydrogen) atoms. The second-order valence-corrected chi connectivity index (χ2v) is 4.60. The molecule has 0 radical (unpaired) electrons. The van der Waals surface area contributed by atoms with E-state index in [2.05, 4.69) is 0 Å². The monoisotopic (exact) mass is 234 g/mol. The topological polar surface area (TPSA) is 35.5 Å². The Balaban J connectivity index is 2.30. The van der Waals surface area contributed by atoms with Gasteiger partial charge in [-0.05, 0) is 31.0 Å². The maximum absolute atomic E-state index is 11.9. The lowest BCUT2D eigenvalue weighted by Crippen LogP contribution is -2.37. The summed E-state index contributed by atoms with van der Waals surface area (Å²) in [5, 5.41) is 0. The number of benzene rings is 1. The molecule has 1 fully saturated rings. The van der Waals surface area contributed by atoms with Crippen molar-refractivity contribution in [2.45, 2.75) is 31.3 Å². The molecule has 0 N–H and O–H groups in total. The summed E-state index contributed by atoms with van der Waals surface area (Å²) in [5.74, 6) is 1.17. The van der Waals surface area contributed by atoms with Crippen LogP contribution < -0.4 is 4.74 Å². The Bertz CT molecular complexity index is 410. The van der Waals surface area contributed by atoms with Gasteiger partial charge < -0.3 is 9.47 Å². The Hall–Kier alpha value is -1.35. The molecule has 0 amide bonds. The van der Waals surface area contributed by atoms with Gasteiger partial charge in [-0.1, -0.05) is 12.1 Å². The predicted molar refractivity (Wildman–Crippen MR) is 65.4 cm³/mol. The molecule has 3 heteroatoms. The smallest absolute Gasteiger partial charge is 0.164 e. The van der Waals surface area contributed by atoms with Crippen LogP contribution in [0.5, 0.6) is 5.75 Å². The van der Waals surface area contributed by atoms with Crippen LogP contribution in [0.4, 0.5) is 0 Å². The fourth-order valence-electron chi connectivity index (χ4n) is 2.57. The lowest BCUT2D eigenvalue weighted by molar-refractivity contribution is -0.136. The number of ketones is 1. The summed E-state index contributed by atoms with van der Waals surface area (Å²) in [5.41, 5.74) is 0.468. The first kappa shape index (κ1) is 12.1. The lowest BCUT2D eigenvalue weighted by Gasteiger charge is -2.28. The number of methoxy groups -OCH3 is 2. The van der Waals surface area contributed by atoms with Crippen LogP contribution in [-0.4, -0.2) is 25.6 Å². The molecule has 0 aromatic heterocycles. The van der Waals surface area contributed by atoms with Gasteiger partial charge in [0.25, 0.3) is 0 Å². The molecule has 1 aromatic rings. The van der Waals surface area contributed by atoms with Gasteiger partial charge in [0.05, 0.1) is 7.11 Å². The standard InChI is InChI=1S/C14H18O3/c1-14(17-3)12(8-9-13(14)15)10-4-6-11(16-2)7-5-10/h4-7,12H,8-9H2,1-3H3/t12-,14-/m1/s1. The zero-order chi connectivity index (χ0) is 12.5. The van der Waals surface area contributed by atoms with Gasteiger partial charge in [0.2, 0.25) is 0 Å². The molecule has 2 atom stereocenters. The zero-order valence-corrected chi connectivity index (χ0v) is 10.5. The summed E-state index contributed by atoms with van der Waals surface area (Å²) in [6.45, 7) is 1.89. The number of Topliss-reactive ketones (excluding diaryl/α,β-unsaturated/α-hetero) is 1. The summed E-state index contributed by atoms with van der Waals surface area (Å²) >= 11 is 0. The van der Waals surface area contributed by atoms with E-state index in [0.29, 0.717) is 6.42 Å². The maximum Gasteiger partial charge on any atom is 0.164 e. The molecule has 1 saturated carbocycles. The van der Waals surface area contributed by atoms with Crippen LogP contribution in [0.15, 0.2) is 24.3 Å². The van der Waals surface area contributed by atoms with E-state index in [1.54, 1.807) is 14.2 Å². The predicted octanol–water partition coefficient (Wildman–Crippen LogP) is 2.55. The summed E-state index contributed by atoms with van der Waals surface area (Å²) in [6.07, 6.45) is 1.45. The van der Waals surface area contributed by atoms with Crippen molar-refractivity contribution in [2.75, 3.05) is 14.2 Å². The van der Waals surface area contributed by atoms with Gasteiger partial charge in [-0.15, -0.1) is 0 Å². The lowest BCUT2D eigenvalue weighted by atomic mass is 9.86. The van der Waals surface area contributed by atoms with Crippen LogP contribution in [0.2, 0.25) is 0 Å². The van der Waals surface area contributed by atoms with Crippen molar-refractivity contribution in [1.29, 1.82) is 0 Å². The Morgan fingerprint density at radius 2 is 1.88 bits per heavy atom. The Morgan fingerprint density at radius 3 is 2.41 bits per heavy atom. The minimum atomic E-state index is -0.672. The number of hydrogen-bond acceptors (Lipinski definition) is 3. The maximum atomic E-state index is 11.9. The van der Waals surface area contributed by atoms with Gasteiger partial charge in [-0.2, -0.15) is 0 Å². The first-order valence-corrected chi connectivity index (χ1v) is 5.84. The molecular formula is C14H18O3. The highest BCUT2D eigenvalue weighted by Gasteiger charge is 2.46. The molecule has 1 aliphatic rings. The quantitative estimate of drug-likeness (QED) is 0.806. The number of carbonyl (C=O) groups is 1. The van der Waals surface area contributed by atoms with E-state index in [-0.39, 0.29) is 11.7 Å². The first-order chi connectivity index (χ1) is 8.11. The number of carbonyl (C=O) groups excluding carboxylic acids is 1. The third-order valence-electron chi connectivity index (χ3n) is 3.82. The second kappa shape index (κ2) is 4.49. The van der Waals surface area contributed by atoms with Crippen LogP contribution in [0.25, 0.3) is 0 Å². The summed E-state index contributed by atoms with van der Waals surface area (Å²) < 4.78 is 10.6.